The van der Waals surface area contributed by atoms with E-state index in [1.807, 2.05) is 0 Å². The SMILES string of the molecule is COC(CC(=O)Nc1cccc(Br)c1Cl)OC. The molecule has 0 aliphatic heterocycles. The lowest BCUT2D eigenvalue weighted by Gasteiger charge is -2.13. The number of rotatable bonds is 5. The van der Waals surface area contributed by atoms with E-state index < -0.39 is 6.29 Å². The largest absolute Gasteiger partial charge is 0.355 e. The monoisotopic (exact) mass is 321 g/mol. The van der Waals surface area contributed by atoms with Crippen LogP contribution in [0.3, 0.4) is 0 Å². The Bertz CT molecular complexity index is 396. The van der Waals surface area contributed by atoms with Crippen LogP contribution in [0.2, 0.25) is 5.02 Å². The van der Waals surface area contributed by atoms with Crippen molar-refractivity contribution in [1.82, 2.24) is 0 Å². The first-order valence-corrected chi connectivity index (χ1v) is 6.05. The minimum Gasteiger partial charge on any atom is -0.355 e. The zero-order valence-electron chi connectivity index (χ0n) is 9.50. The van der Waals surface area contributed by atoms with Gasteiger partial charge in [0.2, 0.25) is 5.91 Å². The molecule has 0 bridgehead atoms. The summed E-state index contributed by atoms with van der Waals surface area (Å²) in [6.07, 6.45) is -0.448. The number of nitrogens with one attached hydrogen (secondary N) is 1. The van der Waals surface area contributed by atoms with Gasteiger partial charge in [0.05, 0.1) is 17.1 Å². The Labute approximate surface area is 113 Å². The molecule has 0 atom stereocenters. The molecule has 4 nitrogen and oxygen atoms in total. The summed E-state index contributed by atoms with van der Waals surface area (Å²) in [5.41, 5.74) is 0.553. The van der Waals surface area contributed by atoms with Crippen molar-refractivity contribution in [2.24, 2.45) is 0 Å². The summed E-state index contributed by atoms with van der Waals surface area (Å²) in [5, 5.41) is 3.15. The van der Waals surface area contributed by atoms with Crippen LogP contribution in [-0.4, -0.2) is 26.4 Å². The van der Waals surface area contributed by atoms with Crippen molar-refractivity contribution in [3.05, 3.63) is 27.7 Å². The first-order chi connectivity index (χ1) is 8.08. The number of hydrogen-bond donors (Lipinski definition) is 1. The van der Waals surface area contributed by atoms with Gasteiger partial charge in [-0.25, -0.2) is 0 Å². The normalized spacial score (nSPS) is 10.6. The van der Waals surface area contributed by atoms with Crippen LogP contribution in [0.5, 0.6) is 0 Å². The number of ether oxygens (including phenoxy) is 2. The second kappa shape index (κ2) is 6.96. The van der Waals surface area contributed by atoms with E-state index in [1.54, 1.807) is 18.2 Å². The van der Waals surface area contributed by atoms with Crippen LogP contribution in [0.1, 0.15) is 6.42 Å². The van der Waals surface area contributed by atoms with Crippen molar-refractivity contribution >= 4 is 39.1 Å². The molecule has 6 heteroatoms. The van der Waals surface area contributed by atoms with Gasteiger partial charge in [-0.3, -0.25) is 4.79 Å². The molecule has 0 saturated heterocycles. The Hall–Kier alpha value is -0.620. The van der Waals surface area contributed by atoms with Gasteiger partial charge in [-0.2, -0.15) is 0 Å². The number of halogens is 2. The number of methoxy groups -OCH3 is 2. The van der Waals surface area contributed by atoms with Gasteiger partial charge in [-0.15, -0.1) is 0 Å². The quantitative estimate of drug-likeness (QED) is 0.848. The van der Waals surface area contributed by atoms with Gasteiger partial charge in [-0.1, -0.05) is 17.7 Å². The van der Waals surface area contributed by atoms with E-state index in [-0.39, 0.29) is 12.3 Å². The predicted octanol–water partition coefficient (Wildman–Crippen LogP) is 3.05. The molecular weight excluding hydrogens is 309 g/mol. The summed E-state index contributed by atoms with van der Waals surface area (Å²) in [4.78, 5) is 11.7. The Morgan fingerprint density at radius 3 is 2.71 bits per heavy atom. The van der Waals surface area contributed by atoms with E-state index in [2.05, 4.69) is 21.2 Å². The zero-order valence-corrected chi connectivity index (χ0v) is 11.8. The fourth-order valence-electron chi connectivity index (χ4n) is 1.22. The molecule has 94 valence electrons. The van der Waals surface area contributed by atoms with Gasteiger partial charge in [0.25, 0.3) is 0 Å². The first-order valence-electron chi connectivity index (χ1n) is 4.88. The summed E-state index contributed by atoms with van der Waals surface area (Å²) >= 11 is 9.30. The lowest BCUT2D eigenvalue weighted by Crippen LogP contribution is -2.22. The third-order valence-corrected chi connectivity index (χ3v) is 3.40. The molecule has 0 heterocycles. The number of carbonyl (C=O) groups excluding carboxylic acids is 1. The molecule has 1 rings (SSSR count). The topological polar surface area (TPSA) is 47.6 Å². The molecule has 0 radical (unpaired) electrons. The second-order valence-corrected chi connectivity index (χ2v) is 4.49. The maximum absolute atomic E-state index is 11.7. The summed E-state index contributed by atoms with van der Waals surface area (Å²) in [5.74, 6) is -0.223. The molecule has 1 amide bonds. The number of benzene rings is 1. The van der Waals surface area contributed by atoms with Crippen molar-refractivity contribution in [2.45, 2.75) is 12.7 Å². The highest BCUT2D eigenvalue weighted by molar-refractivity contribution is 9.10. The fourth-order valence-corrected chi connectivity index (χ4v) is 1.76. The first kappa shape index (κ1) is 14.4. The molecule has 0 spiro atoms. The van der Waals surface area contributed by atoms with Crippen LogP contribution in [0.25, 0.3) is 0 Å². The summed E-state index contributed by atoms with van der Waals surface area (Å²) < 4.78 is 10.6. The number of hydrogen-bond acceptors (Lipinski definition) is 3. The standard InChI is InChI=1S/C11H13BrClNO3/c1-16-10(17-2)6-9(15)14-8-5-3-4-7(12)11(8)13/h3-5,10H,6H2,1-2H3,(H,14,15). The Balaban J connectivity index is 2.65. The van der Waals surface area contributed by atoms with Crippen molar-refractivity contribution in [3.8, 4) is 0 Å². The lowest BCUT2D eigenvalue weighted by atomic mass is 10.3. The van der Waals surface area contributed by atoms with Gasteiger partial charge in [0, 0.05) is 18.7 Å². The van der Waals surface area contributed by atoms with Crippen LogP contribution >= 0.6 is 27.5 Å². The van der Waals surface area contributed by atoms with Crippen LogP contribution in [0.4, 0.5) is 5.69 Å². The molecule has 0 aromatic heterocycles. The summed E-state index contributed by atoms with van der Waals surface area (Å²) in [7, 11) is 2.96. The summed E-state index contributed by atoms with van der Waals surface area (Å²) in [6.45, 7) is 0. The highest BCUT2D eigenvalue weighted by atomic mass is 79.9. The minimum absolute atomic E-state index is 0.107. The molecule has 0 unspecified atom stereocenters. The van der Waals surface area contributed by atoms with Gasteiger partial charge in [-0.05, 0) is 28.1 Å². The third kappa shape index (κ3) is 4.27. The van der Waals surface area contributed by atoms with Crippen molar-refractivity contribution in [2.75, 3.05) is 19.5 Å². The third-order valence-electron chi connectivity index (χ3n) is 2.10. The second-order valence-electron chi connectivity index (χ2n) is 3.25. The van der Waals surface area contributed by atoms with Crippen LogP contribution < -0.4 is 5.32 Å². The molecule has 0 fully saturated rings. The van der Waals surface area contributed by atoms with E-state index in [9.17, 15) is 4.79 Å². The van der Waals surface area contributed by atoms with Gasteiger partial charge in [0.1, 0.15) is 0 Å². The van der Waals surface area contributed by atoms with Crippen LogP contribution in [0, 0.1) is 0 Å². The Morgan fingerprint density at radius 2 is 2.12 bits per heavy atom. The number of amides is 1. The lowest BCUT2D eigenvalue weighted by molar-refractivity contribution is -0.134. The maximum atomic E-state index is 11.7. The molecule has 0 aliphatic rings. The summed E-state index contributed by atoms with van der Waals surface area (Å²) in [6, 6.07) is 5.31. The van der Waals surface area contributed by atoms with Crippen molar-refractivity contribution in [1.29, 1.82) is 0 Å². The zero-order chi connectivity index (χ0) is 12.8. The average Bonchev–Trinajstić information content (AvgIpc) is 2.32. The molecule has 17 heavy (non-hydrogen) atoms. The van der Waals surface area contributed by atoms with Gasteiger partial charge < -0.3 is 14.8 Å². The molecule has 0 aliphatic carbocycles. The van der Waals surface area contributed by atoms with E-state index in [0.29, 0.717) is 10.7 Å². The van der Waals surface area contributed by atoms with Crippen LogP contribution in [-0.2, 0) is 14.3 Å². The van der Waals surface area contributed by atoms with Crippen LogP contribution in [0.15, 0.2) is 22.7 Å². The highest BCUT2D eigenvalue weighted by Crippen LogP contribution is 2.29. The van der Waals surface area contributed by atoms with E-state index in [4.69, 9.17) is 21.1 Å². The fraction of sp³-hybridized carbons (Fsp3) is 0.364. The molecule has 1 aromatic rings. The molecule has 1 aromatic carbocycles. The van der Waals surface area contributed by atoms with E-state index >= 15 is 0 Å². The van der Waals surface area contributed by atoms with Gasteiger partial charge >= 0.3 is 0 Å². The van der Waals surface area contributed by atoms with E-state index in [1.165, 1.54) is 14.2 Å². The maximum Gasteiger partial charge on any atom is 0.229 e. The molecular formula is C11H13BrClNO3. The average molecular weight is 323 g/mol. The van der Waals surface area contributed by atoms with Gasteiger partial charge in [0.15, 0.2) is 6.29 Å². The molecule has 1 N–H and O–H groups in total. The smallest absolute Gasteiger partial charge is 0.229 e. The van der Waals surface area contributed by atoms with Crippen molar-refractivity contribution < 1.29 is 14.3 Å². The highest BCUT2D eigenvalue weighted by Gasteiger charge is 2.13. The predicted molar refractivity (Wildman–Crippen MR) is 70.2 cm³/mol. The van der Waals surface area contributed by atoms with E-state index in [0.717, 1.165) is 4.47 Å². The van der Waals surface area contributed by atoms with Crippen molar-refractivity contribution in [3.63, 3.8) is 0 Å². The number of carbonyl (C=O) groups is 1. The molecule has 0 saturated carbocycles. The number of anilines is 1. The Morgan fingerprint density at radius 1 is 1.47 bits per heavy atom. The Kier molecular flexibility index (Phi) is 5.91. The minimum atomic E-state index is -0.555.